The molecule has 2 aliphatic rings. The van der Waals surface area contributed by atoms with Gasteiger partial charge in [0.2, 0.25) is 0 Å². The van der Waals surface area contributed by atoms with E-state index in [1.165, 1.54) is 12.8 Å². The molecule has 0 aromatic carbocycles. The van der Waals surface area contributed by atoms with Crippen molar-refractivity contribution in [1.29, 1.82) is 0 Å². The third kappa shape index (κ3) is 1.05. The molecule has 1 aliphatic heterocycles. The Kier molecular flexibility index (Phi) is 1.44. The maximum atomic E-state index is 5.36. The molecule has 58 valence electrons. The maximum absolute atomic E-state index is 5.36. The maximum Gasteiger partial charge on any atom is 0.169 e. The lowest BCUT2D eigenvalue weighted by molar-refractivity contribution is -0.201. The molecule has 0 radical (unpaired) electrons. The molecule has 0 bridgehead atoms. The van der Waals surface area contributed by atoms with E-state index in [1.807, 2.05) is 0 Å². The van der Waals surface area contributed by atoms with Crippen molar-refractivity contribution >= 4 is 0 Å². The molecule has 0 amide bonds. The zero-order chi connectivity index (χ0) is 7.03. The molecule has 1 heterocycles. The van der Waals surface area contributed by atoms with Crippen LogP contribution in [0.2, 0.25) is 0 Å². The summed E-state index contributed by atoms with van der Waals surface area (Å²) >= 11 is 0. The Labute approximate surface area is 60.5 Å². The van der Waals surface area contributed by atoms with Crippen LogP contribution in [-0.4, -0.2) is 26.0 Å². The molecule has 0 atom stereocenters. The monoisotopic (exact) mass is 143 g/mol. The molecule has 1 saturated heterocycles. The second-order valence-electron chi connectivity index (χ2n) is 3.29. The number of rotatable bonds is 1. The molecular formula is C7H13NO2. The van der Waals surface area contributed by atoms with Crippen LogP contribution in [0.1, 0.15) is 12.8 Å². The van der Waals surface area contributed by atoms with E-state index >= 15 is 0 Å². The summed E-state index contributed by atoms with van der Waals surface area (Å²) in [6, 6.07) is 0. The highest BCUT2D eigenvalue weighted by molar-refractivity contribution is 4.94. The first-order chi connectivity index (χ1) is 4.85. The van der Waals surface area contributed by atoms with Crippen LogP contribution in [0.3, 0.4) is 0 Å². The SMILES string of the molecule is NCC1OCC2(CC2)CO1. The lowest BCUT2D eigenvalue weighted by Crippen LogP contribution is -2.37. The third-order valence-electron chi connectivity index (χ3n) is 2.30. The third-order valence-corrected chi connectivity index (χ3v) is 2.30. The second-order valence-corrected chi connectivity index (χ2v) is 3.29. The van der Waals surface area contributed by atoms with Crippen molar-refractivity contribution < 1.29 is 9.47 Å². The van der Waals surface area contributed by atoms with E-state index in [0.717, 1.165) is 13.2 Å². The van der Waals surface area contributed by atoms with E-state index in [4.69, 9.17) is 15.2 Å². The molecule has 0 aromatic heterocycles. The summed E-state index contributed by atoms with van der Waals surface area (Å²) in [4.78, 5) is 0. The van der Waals surface area contributed by atoms with Crippen molar-refractivity contribution in [3.05, 3.63) is 0 Å². The van der Waals surface area contributed by atoms with E-state index in [9.17, 15) is 0 Å². The van der Waals surface area contributed by atoms with Gasteiger partial charge in [-0.25, -0.2) is 0 Å². The Morgan fingerprint density at radius 1 is 1.30 bits per heavy atom. The van der Waals surface area contributed by atoms with Gasteiger partial charge in [0.25, 0.3) is 0 Å². The first-order valence-electron chi connectivity index (χ1n) is 3.78. The second kappa shape index (κ2) is 2.19. The van der Waals surface area contributed by atoms with Crippen molar-refractivity contribution in [2.75, 3.05) is 19.8 Å². The minimum atomic E-state index is -0.133. The zero-order valence-electron chi connectivity index (χ0n) is 6.01. The van der Waals surface area contributed by atoms with Crippen molar-refractivity contribution in [2.45, 2.75) is 19.1 Å². The average Bonchev–Trinajstić information content (AvgIpc) is 2.72. The molecule has 0 unspecified atom stereocenters. The quantitative estimate of drug-likeness (QED) is 0.566. The highest BCUT2D eigenvalue weighted by Crippen LogP contribution is 2.48. The fraction of sp³-hybridized carbons (Fsp3) is 1.00. The van der Waals surface area contributed by atoms with Crippen LogP contribution in [0.4, 0.5) is 0 Å². The molecular weight excluding hydrogens is 130 g/mol. The summed E-state index contributed by atoms with van der Waals surface area (Å²) < 4.78 is 10.7. The fourth-order valence-corrected chi connectivity index (χ4v) is 1.23. The van der Waals surface area contributed by atoms with Crippen LogP contribution in [0.15, 0.2) is 0 Å². The summed E-state index contributed by atoms with van der Waals surface area (Å²) in [5, 5.41) is 0. The fourth-order valence-electron chi connectivity index (χ4n) is 1.23. The van der Waals surface area contributed by atoms with Crippen LogP contribution in [0, 0.1) is 5.41 Å². The summed E-state index contributed by atoms with van der Waals surface area (Å²) in [6.45, 7) is 2.19. The molecule has 3 heteroatoms. The van der Waals surface area contributed by atoms with Gasteiger partial charge in [0.05, 0.1) is 13.2 Å². The number of hydrogen-bond acceptors (Lipinski definition) is 3. The van der Waals surface area contributed by atoms with Crippen molar-refractivity contribution in [2.24, 2.45) is 11.1 Å². The Bertz CT molecular complexity index is 124. The van der Waals surface area contributed by atoms with Crippen molar-refractivity contribution in [3.63, 3.8) is 0 Å². The summed E-state index contributed by atoms with van der Waals surface area (Å²) in [7, 11) is 0. The minimum Gasteiger partial charge on any atom is -0.351 e. The normalized spacial score (nSPS) is 30.9. The first kappa shape index (κ1) is 6.58. The molecule has 10 heavy (non-hydrogen) atoms. The van der Waals surface area contributed by atoms with Gasteiger partial charge in [0, 0.05) is 12.0 Å². The standard InChI is InChI=1S/C7H13NO2/c8-3-6-9-4-7(1-2-7)5-10-6/h6H,1-5,8H2. The number of ether oxygens (including phenoxy) is 2. The molecule has 3 nitrogen and oxygen atoms in total. The summed E-state index contributed by atoms with van der Waals surface area (Å²) in [5.41, 5.74) is 5.77. The van der Waals surface area contributed by atoms with E-state index in [1.54, 1.807) is 0 Å². The predicted molar refractivity (Wildman–Crippen MR) is 36.4 cm³/mol. The van der Waals surface area contributed by atoms with Crippen LogP contribution in [0.5, 0.6) is 0 Å². The van der Waals surface area contributed by atoms with Crippen molar-refractivity contribution in [1.82, 2.24) is 0 Å². The summed E-state index contributed by atoms with van der Waals surface area (Å²) in [5.74, 6) is 0. The summed E-state index contributed by atoms with van der Waals surface area (Å²) in [6.07, 6.45) is 2.40. The van der Waals surface area contributed by atoms with Crippen LogP contribution >= 0.6 is 0 Å². The minimum absolute atomic E-state index is 0.133. The Balaban J connectivity index is 1.84. The molecule has 1 aliphatic carbocycles. The number of hydrogen-bond donors (Lipinski definition) is 1. The van der Waals surface area contributed by atoms with Crippen LogP contribution in [0.25, 0.3) is 0 Å². The molecule has 0 aromatic rings. The number of nitrogens with two attached hydrogens (primary N) is 1. The van der Waals surface area contributed by atoms with Crippen molar-refractivity contribution in [3.8, 4) is 0 Å². The van der Waals surface area contributed by atoms with Gasteiger partial charge in [-0.2, -0.15) is 0 Å². The predicted octanol–water partition coefficient (Wildman–Crippen LogP) is 0.0982. The van der Waals surface area contributed by atoms with Gasteiger partial charge < -0.3 is 15.2 Å². The Morgan fingerprint density at radius 2 is 1.90 bits per heavy atom. The van der Waals surface area contributed by atoms with Gasteiger partial charge in [0.15, 0.2) is 6.29 Å². The van der Waals surface area contributed by atoms with Gasteiger partial charge in [-0.1, -0.05) is 0 Å². The molecule has 1 spiro atoms. The van der Waals surface area contributed by atoms with E-state index in [2.05, 4.69) is 0 Å². The highest BCUT2D eigenvalue weighted by atomic mass is 16.7. The van der Waals surface area contributed by atoms with Crippen LogP contribution < -0.4 is 5.73 Å². The zero-order valence-corrected chi connectivity index (χ0v) is 6.01. The van der Waals surface area contributed by atoms with E-state index in [0.29, 0.717) is 12.0 Å². The Hall–Kier alpha value is -0.120. The van der Waals surface area contributed by atoms with Gasteiger partial charge in [-0.05, 0) is 12.8 Å². The smallest absolute Gasteiger partial charge is 0.169 e. The highest BCUT2D eigenvalue weighted by Gasteiger charge is 2.46. The van der Waals surface area contributed by atoms with Gasteiger partial charge in [0.1, 0.15) is 0 Å². The average molecular weight is 143 g/mol. The van der Waals surface area contributed by atoms with Gasteiger partial charge in [-0.3, -0.25) is 0 Å². The lowest BCUT2D eigenvalue weighted by Gasteiger charge is -2.28. The molecule has 2 rings (SSSR count). The van der Waals surface area contributed by atoms with Crippen LogP contribution in [-0.2, 0) is 9.47 Å². The molecule has 2 fully saturated rings. The first-order valence-corrected chi connectivity index (χ1v) is 3.78. The van der Waals surface area contributed by atoms with E-state index < -0.39 is 0 Å². The molecule has 2 N–H and O–H groups in total. The molecule has 1 saturated carbocycles. The Morgan fingerprint density at radius 3 is 2.30 bits per heavy atom. The lowest BCUT2D eigenvalue weighted by atomic mass is 10.1. The van der Waals surface area contributed by atoms with Gasteiger partial charge >= 0.3 is 0 Å². The van der Waals surface area contributed by atoms with E-state index in [-0.39, 0.29) is 6.29 Å². The largest absolute Gasteiger partial charge is 0.351 e. The van der Waals surface area contributed by atoms with Gasteiger partial charge in [-0.15, -0.1) is 0 Å². The topological polar surface area (TPSA) is 44.5 Å².